The highest BCUT2D eigenvalue weighted by atomic mass is 19.1. The summed E-state index contributed by atoms with van der Waals surface area (Å²) in [6.07, 6.45) is 0.551. The monoisotopic (exact) mass is 439 g/mol. The molecule has 2 aliphatic rings. The normalized spacial score (nSPS) is 17.9. The summed E-state index contributed by atoms with van der Waals surface area (Å²) in [5.41, 5.74) is 1.15. The molecule has 2 aliphatic heterocycles. The number of carbonyl (C=O) groups is 1. The fraction of sp³-hybridized carbons (Fsp3) is 0.727. The first-order valence-electron chi connectivity index (χ1n) is 11.0. The third-order valence-corrected chi connectivity index (χ3v) is 5.60. The van der Waals surface area contributed by atoms with Crippen molar-refractivity contribution in [1.82, 2.24) is 10.3 Å². The van der Waals surface area contributed by atoms with Crippen LogP contribution in [0.2, 0.25) is 0 Å². The standard InChI is InChI=1S/C22H34FN3O5/c1-15(2)19(14-29-8-4-7-23)24-21(27)18-5-6-20(26-9-17(10-26)28-3)22(25-18)31-13-16-11-30-12-16/h5-6,15-17,19H,4,7-14H2,1-3H3,(H,24,27). The Balaban J connectivity index is 1.66. The average molecular weight is 440 g/mol. The molecule has 3 rings (SSSR count). The smallest absolute Gasteiger partial charge is 0.270 e. The summed E-state index contributed by atoms with van der Waals surface area (Å²) in [7, 11) is 1.70. The van der Waals surface area contributed by atoms with Crippen molar-refractivity contribution in [2.75, 3.05) is 64.8 Å². The van der Waals surface area contributed by atoms with Gasteiger partial charge in [0.2, 0.25) is 5.88 Å². The van der Waals surface area contributed by atoms with Crippen molar-refractivity contribution in [1.29, 1.82) is 0 Å². The Labute approximate surface area is 183 Å². The number of ether oxygens (including phenoxy) is 4. The summed E-state index contributed by atoms with van der Waals surface area (Å²) in [6.45, 7) is 7.67. The van der Waals surface area contributed by atoms with Crippen LogP contribution in [0.15, 0.2) is 12.1 Å². The second-order valence-electron chi connectivity index (χ2n) is 8.44. The highest BCUT2D eigenvalue weighted by Gasteiger charge is 2.30. The van der Waals surface area contributed by atoms with Crippen molar-refractivity contribution in [3.05, 3.63) is 17.8 Å². The van der Waals surface area contributed by atoms with Crippen molar-refractivity contribution >= 4 is 11.6 Å². The molecule has 1 aromatic rings. The van der Waals surface area contributed by atoms with Gasteiger partial charge >= 0.3 is 0 Å². The number of methoxy groups -OCH3 is 1. The third kappa shape index (κ3) is 6.51. The first-order chi connectivity index (χ1) is 15.0. The first kappa shape index (κ1) is 23.7. The summed E-state index contributed by atoms with van der Waals surface area (Å²) in [5, 5.41) is 2.99. The zero-order valence-corrected chi connectivity index (χ0v) is 18.6. The molecule has 0 aliphatic carbocycles. The molecule has 31 heavy (non-hydrogen) atoms. The van der Waals surface area contributed by atoms with Gasteiger partial charge in [-0.25, -0.2) is 4.98 Å². The Morgan fingerprint density at radius 1 is 1.35 bits per heavy atom. The van der Waals surface area contributed by atoms with Gasteiger partial charge in [-0.15, -0.1) is 0 Å². The summed E-state index contributed by atoms with van der Waals surface area (Å²) < 4.78 is 34.3. The minimum atomic E-state index is -0.410. The van der Waals surface area contributed by atoms with Crippen molar-refractivity contribution in [2.24, 2.45) is 11.8 Å². The molecular formula is C22H34FN3O5. The summed E-state index contributed by atoms with van der Waals surface area (Å²) >= 11 is 0. The second-order valence-corrected chi connectivity index (χ2v) is 8.44. The van der Waals surface area contributed by atoms with Crippen LogP contribution in [0.4, 0.5) is 10.1 Å². The number of aromatic nitrogens is 1. The largest absolute Gasteiger partial charge is 0.476 e. The Hall–Kier alpha value is -1.97. The van der Waals surface area contributed by atoms with Crippen LogP contribution < -0.4 is 15.0 Å². The molecule has 0 bridgehead atoms. The van der Waals surface area contributed by atoms with E-state index in [0.717, 1.165) is 18.8 Å². The van der Waals surface area contributed by atoms with E-state index in [0.29, 0.717) is 56.9 Å². The third-order valence-electron chi connectivity index (χ3n) is 5.60. The van der Waals surface area contributed by atoms with Crippen LogP contribution in [0.5, 0.6) is 5.88 Å². The van der Waals surface area contributed by atoms with Gasteiger partial charge in [-0.2, -0.15) is 0 Å². The molecule has 3 heterocycles. The first-order valence-corrected chi connectivity index (χ1v) is 11.0. The van der Waals surface area contributed by atoms with E-state index in [4.69, 9.17) is 18.9 Å². The zero-order valence-electron chi connectivity index (χ0n) is 18.6. The molecule has 1 atom stereocenters. The predicted molar refractivity (Wildman–Crippen MR) is 115 cm³/mol. The van der Waals surface area contributed by atoms with Crippen molar-refractivity contribution in [3.8, 4) is 5.88 Å². The minimum Gasteiger partial charge on any atom is -0.476 e. The van der Waals surface area contributed by atoms with Gasteiger partial charge in [0.15, 0.2) is 0 Å². The highest BCUT2D eigenvalue weighted by Crippen LogP contribution is 2.31. The molecule has 0 radical (unpaired) electrons. The molecule has 9 heteroatoms. The molecule has 174 valence electrons. The Morgan fingerprint density at radius 2 is 2.13 bits per heavy atom. The van der Waals surface area contributed by atoms with Crippen LogP contribution in [-0.2, 0) is 14.2 Å². The topological polar surface area (TPSA) is 82.2 Å². The van der Waals surface area contributed by atoms with Gasteiger partial charge in [0.1, 0.15) is 11.4 Å². The van der Waals surface area contributed by atoms with E-state index >= 15 is 0 Å². The van der Waals surface area contributed by atoms with Gasteiger partial charge in [-0.05, 0) is 24.5 Å². The Morgan fingerprint density at radius 3 is 2.74 bits per heavy atom. The molecule has 1 N–H and O–H groups in total. The van der Waals surface area contributed by atoms with Gasteiger partial charge in [0.05, 0.1) is 45.2 Å². The number of carbonyl (C=O) groups excluding carboxylic acids is 1. The summed E-state index contributed by atoms with van der Waals surface area (Å²) in [4.78, 5) is 19.5. The van der Waals surface area contributed by atoms with Gasteiger partial charge in [-0.1, -0.05) is 13.8 Å². The lowest BCUT2D eigenvalue weighted by Gasteiger charge is -2.40. The van der Waals surface area contributed by atoms with E-state index in [2.05, 4.69) is 15.2 Å². The molecule has 2 saturated heterocycles. The van der Waals surface area contributed by atoms with E-state index in [-0.39, 0.29) is 24.0 Å². The number of pyridine rings is 1. The number of amides is 1. The maximum Gasteiger partial charge on any atom is 0.270 e. The lowest BCUT2D eigenvalue weighted by atomic mass is 10.1. The van der Waals surface area contributed by atoms with Crippen molar-refractivity contribution in [3.63, 3.8) is 0 Å². The lowest BCUT2D eigenvalue weighted by molar-refractivity contribution is -0.0514. The van der Waals surface area contributed by atoms with Gasteiger partial charge < -0.3 is 29.2 Å². The number of nitrogens with one attached hydrogen (secondary N) is 1. The molecule has 8 nitrogen and oxygen atoms in total. The van der Waals surface area contributed by atoms with Crippen LogP contribution in [0.3, 0.4) is 0 Å². The molecule has 2 fully saturated rings. The number of alkyl halides is 1. The molecule has 0 spiro atoms. The number of halogens is 1. The van der Waals surface area contributed by atoms with Gasteiger partial charge in [0, 0.05) is 32.7 Å². The van der Waals surface area contributed by atoms with Crippen molar-refractivity contribution in [2.45, 2.75) is 32.4 Å². The highest BCUT2D eigenvalue weighted by molar-refractivity contribution is 5.93. The van der Waals surface area contributed by atoms with E-state index in [1.165, 1.54) is 0 Å². The van der Waals surface area contributed by atoms with E-state index in [1.807, 2.05) is 19.9 Å². The van der Waals surface area contributed by atoms with E-state index < -0.39 is 6.67 Å². The average Bonchev–Trinajstić information content (AvgIpc) is 2.68. The predicted octanol–water partition coefficient (Wildman–Crippen LogP) is 2.07. The Kier molecular flexibility index (Phi) is 8.86. The van der Waals surface area contributed by atoms with Crippen LogP contribution in [0.1, 0.15) is 30.8 Å². The van der Waals surface area contributed by atoms with E-state index in [9.17, 15) is 9.18 Å². The number of nitrogens with zero attached hydrogens (tertiary/aromatic N) is 2. The van der Waals surface area contributed by atoms with Gasteiger partial charge in [0.25, 0.3) is 5.91 Å². The number of rotatable bonds is 13. The zero-order chi connectivity index (χ0) is 22.2. The maximum atomic E-state index is 12.9. The van der Waals surface area contributed by atoms with E-state index in [1.54, 1.807) is 13.2 Å². The SMILES string of the molecule is COC1CN(c2ccc(C(=O)NC(COCCCF)C(C)C)nc2OCC2COC2)C1. The fourth-order valence-electron chi connectivity index (χ4n) is 3.28. The van der Waals surface area contributed by atoms with Gasteiger partial charge in [-0.3, -0.25) is 9.18 Å². The molecule has 0 aromatic carbocycles. The Bertz CT molecular complexity index is 710. The van der Waals surface area contributed by atoms with Crippen LogP contribution in [0.25, 0.3) is 0 Å². The lowest BCUT2D eigenvalue weighted by Crippen LogP contribution is -2.52. The molecule has 0 saturated carbocycles. The number of anilines is 1. The second kappa shape index (κ2) is 11.6. The number of hydrogen-bond donors (Lipinski definition) is 1. The van der Waals surface area contributed by atoms with Crippen LogP contribution in [-0.4, -0.2) is 82.9 Å². The molecular weight excluding hydrogens is 405 g/mol. The van der Waals surface area contributed by atoms with Crippen molar-refractivity contribution < 1.29 is 28.1 Å². The fourth-order valence-corrected chi connectivity index (χ4v) is 3.28. The van der Waals surface area contributed by atoms with Crippen LogP contribution >= 0.6 is 0 Å². The van der Waals surface area contributed by atoms with Crippen LogP contribution in [0, 0.1) is 11.8 Å². The molecule has 1 aromatic heterocycles. The maximum absolute atomic E-state index is 12.9. The number of hydrogen-bond acceptors (Lipinski definition) is 7. The molecule has 1 amide bonds. The summed E-state index contributed by atoms with van der Waals surface area (Å²) in [5.74, 6) is 0.681. The molecule has 1 unspecified atom stereocenters. The summed E-state index contributed by atoms with van der Waals surface area (Å²) in [6, 6.07) is 3.40. The quantitative estimate of drug-likeness (QED) is 0.471. The minimum absolute atomic E-state index is 0.162.